The van der Waals surface area contributed by atoms with Crippen LogP contribution in [0.4, 0.5) is 29.3 Å². The molecule has 1 rings (SSSR count). The highest BCUT2D eigenvalue weighted by molar-refractivity contribution is 6.33. The lowest BCUT2D eigenvalue weighted by atomic mass is 10.2. The Bertz CT molecular complexity index is 685. The molecule has 0 saturated heterocycles. The molecule has 0 bridgehead atoms. The Morgan fingerprint density at radius 2 is 1.93 bits per heavy atom. The van der Waals surface area contributed by atoms with Crippen molar-refractivity contribution in [2.75, 3.05) is 18.4 Å². The molecule has 0 spiro atoms. The van der Waals surface area contributed by atoms with E-state index < -0.39 is 17.1 Å². The average Bonchev–Trinajstić information content (AvgIpc) is 2.53. The van der Waals surface area contributed by atoms with Crippen molar-refractivity contribution >= 4 is 35.0 Å². The molecule has 0 aliphatic carbocycles. The van der Waals surface area contributed by atoms with Crippen LogP contribution < -0.4 is 11.1 Å². The first kappa shape index (κ1) is 24.4. The third kappa shape index (κ3) is 8.55. The maximum absolute atomic E-state index is 12.1. The number of hydrogen-bond acceptors (Lipinski definition) is 5. The van der Waals surface area contributed by atoms with Gasteiger partial charge in [-0.2, -0.15) is 13.2 Å². The van der Waals surface area contributed by atoms with Crippen LogP contribution in [0.1, 0.15) is 13.8 Å². The van der Waals surface area contributed by atoms with E-state index in [0.29, 0.717) is 18.8 Å². The Morgan fingerprint density at radius 1 is 1.41 bits per heavy atom. The number of carbonyl (C=O) groups excluding carboxylic acids is 1. The maximum Gasteiger partial charge on any atom is 0.490 e. The Morgan fingerprint density at radius 3 is 2.26 bits per heavy atom. The van der Waals surface area contributed by atoms with Gasteiger partial charge in [-0.3, -0.25) is 10.1 Å². The van der Waals surface area contributed by atoms with Gasteiger partial charge >= 0.3 is 18.2 Å². The van der Waals surface area contributed by atoms with Crippen LogP contribution in [0.15, 0.2) is 18.2 Å². The van der Waals surface area contributed by atoms with E-state index >= 15 is 0 Å². The number of amides is 2. The second kappa shape index (κ2) is 10.5. The van der Waals surface area contributed by atoms with Gasteiger partial charge in [0.25, 0.3) is 5.69 Å². The largest absolute Gasteiger partial charge is 0.490 e. The molecule has 152 valence electrons. The molecule has 1 aromatic rings. The second-order valence-electron chi connectivity index (χ2n) is 5.23. The van der Waals surface area contributed by atoms with Gasteiger partial charge < -0.3 is 21.1 Å². The van der Waals surface area contributed by atoms with Crippen LogP contribution in [-0.2, 0) is 4.79 Å². The molecule has 4 N–H and O–H groups in total. The van der Waals surface area contributed by atoms with E-state index in [4.69, 9.17) is 27.2 Å². The molecule has 0 heterocycles. The summed E-state index contributed by atoms with van der Waals surface area (Å²) < 4.78 is 31.7. The molecule has 0 aliphatic rings. The molecule has 9 nitrogen and oxygen atoms in total. The molecule has 0 aliphatic heterocycles. The summed E-state index contributed by atoms with van der Waals surface area (Å²) >= 11 is 5.92. The van der Waals surface area contributed by atoms with Gasteiger partial charge in [-0.25, -0.2) is 9.59 Å². The zero-order valence-corrected chi connectivity index (χ0v) is 15.0. The number of benzene rings is 1. The summed E-state index contributed by atoms with van der Waals surface area (Å²) in [6.45, 7) is 4.49. The van der Waals surface area contributed by atoms with Crippen molar-refractivity contribution in [2.24, 2.45) is 5.73 Å². The number of anilines is 1. The summed E-state index contributed by atoms with van der Waals surface area (Å²) in [5.41, 5.74) is 5.65. The van der Waals surface area contributed by atoms with E-state index in [2.05, 4.69) is 5.32 Å². The SMILES string of the molecule is CC(C)N(CCN)C(=O)Nc1ccc([N+](=O)[O-])cc1Cl.O=C(O)C(F)(F)F. The number of carbonyl (C=O) groups is 2. The Labute approximate surface area is 157 Å². The number of nitro benzene ring substituents is 1. The zero-order chi connectivity index (χ0) is 21.4. The van der Waals surface area contributed by atoms with E-state index in [1.165, 1.54) is 18.2 Å². The number of rotatable bonds is 5. The fourth-order valence-corrected chi connectivity index (χ4v) is 1.86. The molecule has 13 heteroatoms. The summed E-state index contributed by atoms with van der Waals surface area (Å²) in [5.74, 6) is -2.76. The highest BCUT2D eigenvalue weighted by atomic mass is 35.5. The minimum absolute atomic E-state index is 0.0182. The smallest absolute Gasteiger partial charge is 0.475 e. The monoisotopic (exact) mass is 414 g/mol. The number of carboxylic acids is 1. The van der Waals surface area contributed by atoms with E-state index in [1.54, 1.807) is 4.90 Å². The van der Waals surface area contributed by atoms with Crippen molar-refractivity contribution in [3.8, 4) is 0 Å². The summed E-state index contributed by atoms with van der Waals surface area (Å²) in [6.07, 6.45) is -5.08. The quantitative estimate of drug-likeness (QED) is 0.499. The summed E-state index contributed by atoms with van der Waals surface area (Å²) in [5, 5.41) is 20.5. The van der Waals surface area contributed by atoms with Crippen molar-refractivity contribution in [1.82, 2.24) is 4.90 Å². The lowest BCUT2D eigenvalue weighted by Gasteiger charge is -2.26. The van der Waals surface area contributed by atoms with Gasteiger partial charge in [0.2, 0.25) is 0 Å². The normalized spacial score (nSPS) is 10.7. The molecule has 27 heavy (non-hydrogen) atoms. The fourth-order valence-electron chi connectivity index (χ4n) is 1.64. The Balaban J connectivity index is 0.000000821. The van der Waals surface area contributed by atoms with Crippen LogP contribution in [0, 0.1) is 10.1 Å². The van der Waals surface area contributed by atoms with Gasteiger partial charge in [-0.1, -0.05) is 11.6 Å². The first-order chi connectivity index (χ1) is 12.3. The van der Waals surface area contributed by atoms with Crippen LogP contribution in [-0.4, -0.2) is 52.2 Å². The third-order valence-electron chi connectivity index (χ3n) is 2.90. The highest BCUT2D eigenvalue weighted by Gasteiger charge is 2.38. The van der Waals surface area contributed by atoms with E-state index in [0.717, 1.165) is 0 Å². The first-order valence-electron chi connectivity index (χ1n) is 7.33. The zero-order valence-electron chi connectivity index (χ0n) is 14.3. The van der Waals surface area contributed by atoms with Gasteiger partial charge in [0.1, 0.15) is 0 Å². The topological polar surface area (TPSA) is 139 Å². The number of hydrogen-bond donors (Lipinski definition) is 3. The number of carboxylic acid groups (broad SMARTS) is 1. The Hall–Kier alpha value is -2.60. The van der Waals surface area contributed by atoms with Gasteiger partial charge in [0, 0.05) is 31.3 Å². The summed E-state index contributed by atoms with van der Waals surface area (Å²) in [6, 6.07) is 3.51. The van der Waals surface area contributed by atoms with Crippen molar-refractivity contribution in [3.63, 3.8) is 0 Å². The number of nitrogens with zero attached hydrogens (tertiary/aromatic N) is 2. The highest BCUT2D eigenvalue weighted by Crippen LogP contribution is 2.26. The number of halogens is 4. The Kier molecular flexibility index (Phi) is 9.51. The molecule has 0 aromatic heterocycles. The minimum Gasteiger partial charge on any atom is -0.475 e. The summed E-state index contributed by atoms with van der Waals surface area (Å²) in [7, 11) is 0. The molecule has 0 saturated carbocycles. The van der Waals surface area contributed by atoms with Crippen molar-refractivity contribution < 1.29 is 32.8 Å². The average molecular weight is 415 g/mol. The minimum atomic E-state index is -5.08. The third-order valence-corrected chi connectivity index (χ3v) is 3.21. The predicted octanol–water partition coefficient (Wildman–Crippen LogP) is 3.08. The van der Waals surface area contributed by atoms with Gasteiger partial charge in [0.15, 0.2) is 0 Å². The number of alkyl halides is 3. The van der Waals surface area contributed by atoms with Crippen LogP contribution in [0.3, 0.4) is 0 Å². The lowest BCUT2D eigenvalue weighted by Crippen LogP contribution is -2.42. The molecule has 2 amide bonds. The van der Waals surface area contributed by atoms with E-state index in [9.17, 15) is 28.1 Å². The number of aliphatic carboxylic acids is 1. The molecule has 0 radical (unpaired) electrons. The van der Waals surface area contributed by atoms with Gasteiger partial charge in [-0.15, -0.1) is 0 Å². The molecule has 1 aromatic carbocycles. The number of urea groups is 1. The maximum atomic E-state index is 12.1. The van der Waals surface area contributed by atoms with Crippen molar-refractivity contribution in [3.05, 3.63) is 33.3 Å². The number of nitro groups is 1. The molecule has 0 unspecified atom stereocenters. The van der Waals surface area contributed by atoms with Crippen molar-refractivity contribution in [2.45, 2.75) is 26.1 Å². The van der Waals surface area contributed by atoms with Crippen LogP contribution in [0.2, 0.25) is 5.02 Å². The van der Waals surface area contributed by atoms with Gasteiger partial charge in [-0.05, 0) is 19.9 Å². The van der Waals surface area contributed by atoms with E-state index in [1.807, 2.05) is 13.8 Å². The van der Waals surface area contributed by atoms with Crippen LogP contribution in [0.5, 0.6) is 0 Å². The van der Waals surface area contributed by atoms with E-state index in [-0.39, 0.29) is 22.8 Å². The van der Waals surface area contributed by atoms with Crippen LogP contribution in [0.25, 0.3) is 0 Å². The predicted molar refractivity (Wildman–Crippen MR) is 91.7 cm³/mol. The number of nitrogens with one attached hydrogen (secondary N) is 1. The standard InChI is InChI=1S/C12H17ClN4O3.C2HF3O2/c1-8(2)16(6-5-14)12(18)15-11-4-3-9(17(19)20)7-10(11)13;3-2(4,5)1(6)7/h3-4,7-8H,5-6,14H2,1-2H3,(H,15,18);(H,6,7). The van der Waals surface area contributed by atoms with Crippen molar-refractivity contribution in [1.29, 1.82) is 0 Å². The van der Waals surface area contributed by atoms with Gasteiger partial charge in [0.05, 0.1) is 15.6 Å². The fraction of sp³-hybridized carbons (Fsp3) is 0.429. The molecule has 0 atom stereocenters. The first-order valence-corrected chi connectivity index (χ1v) is 7.70. The molecule has 0 fully saturated rings. The molecular weight excluding hydrogens is 397 g/mol. The summed E-state index contributed by atoms with van der Waals surface area (Å²) in [4.78, 5) is 32.6. The molecular formula is C14H18ClF3N4O5. The number of nitrogens with two attached hydrogens (primary N) is 1. The lowest BCUT2D eigenvalue weighted by molar-refractivity contribution is -0.384. The number of non-ortho nitro benzene ring substituents is 1. The second-order valence-corrected chi connectivity index (χ2v) is 5.64. The van der Waals surface area contributed by atoms with Crippen LogP contribution >= 0.6 is 11.6 Å².